The molecule has 1 aliphatic heterocycles. The Labute approximate surface area is 114 Å². The predicted octanol–water partition coefficient (Wildman–Crippen LogP) is 2.70. The summed E-state index contributed by atoms with van der Waals surface area (Å²) in [6.45, 7) is 3.08. The number of carboxylic acid groups (broad SMARTS) is 1. The lowest BCUT2D eigenvalue weighted by Crippen LogP contribution is -2.33. The van der Waals surface area contributed by atoms with E-state index in [4.69, 9.17) is 9.84 Å². The fourth-order valence-corrected chi connectivity index (χ4v) is 2.98. The van der Waals surface area contributed by atoms with Crippen molar-refractivity contribution in [3.8, 4) is 5.75 Å². The second-order valence-electron chi connectivity index (χ2n) is 5.05. The van der Waals surface area contributed by atoms with Gasteiger partial charge in [-0.3, -0.25) is 9.69 Å². The number of carbonyl (C=O) groups is 1. The maximum Gasteiger partial charge on any atom is 0.304 e. The normalized spacial score (nSPS) is 21.3. The molecule has 2 atom stereocenters. The van der Waals surface area contributed by atoms with Crippen LogP contribution in [0.2, 0.25) is 0 Å². The van der Waals surface area contributed by atoms with Crippen molar-refractivity contribution in [2.24, 2.45) is 0 Å². The van der Waals surface area contributed by atoms with Crippen LogP contribution in [0.1, 0.15) is 37.8 Å². The Hall–Kier alpha value is -1.55. The van der Waals surface area contributed by atoms with E-state index in [1.54, 1.807) is 7.11 Å². The quantitative estimate of drug-likeness (QED) is 0.887. The highest BCUT2D eigenvalue weighted by Crippen LogP contribution is 2.34. The summed E-state index contributed by atoms with van der Waals surface area (Å²) in [5.74, 6) is 0.153. The zero-order valence-electron chi connectivity index (χ0n) is 11.5. The van der Waals surface area contributed by atoms with Crippen LogP contribution in [0.3, 0.4) is 0 Å². The largest absolute Gasteiger partial charge is 0.496 e. The molecule has 2 rings (SSSR count). The Balaban J connectivity index is 2.18. The van der Waals surface area contributed by atoms with Gasteiger partial charge >= 0.3 is 5.97 Å². The highest BCUT2D eigenvalue weighted by atomic mass is 16.5. The number of hydrogen-bond acceptors (Lipinski definition) is 3. The maximum absolute atomic E-state index is 10.9. The van der Waals surface area contributed by atoms with Gasteiger partial charge < -0.3 is 9.84 Å². The van der Waals surface area contributed by atoms with E-state index in [0.717, 1.165) is 30.7 Å². The van der Waals surface area contributed by atoms with Gasteiger partial charge in [0.05, 0.1) is 13.5 Å². The van der Waals surface area contributed by atoms with Gasteiger partial charge in [-0.15, -0.1) is 0 Å². The summed E-state index contributed by atoms with van der Waals surface area (Å²) in [4.78, 5) is 13.2. The number of carboxylic acids is 1. The minimum absolute atomic E-state index is 0.136. The van der Waals surface area contributed by atoms with E-state index in [0.29, 0.717) is 0 Å². The number of ether oxygens (including phenoxy) is 1. The standard InChI is InChI=1S/C15H21NO3/c1-11(13-7-3-4-8-14(13)19-2)16-9-5-6-12(16)10-15(17)18/h3-4,7-8,11-12H,5-6,9-10H2,1-2H3,(H,17,18). The van der Waals surface area contributed by atoms with Crippen molar-refractivity contribution in [1.29, 1.82) is 0 Å². The topological polar surface area (TPSA) is 49.8 Å². The molecule has 104 valence electrons. The molecule has 1 fully saturated rings. The number of nitrogens with zero attached hydrogens (tertiary/aromatic N) is 1. The molecular formula is C15H21NO3. The summed E-state index contributed by atoms with van der Waals surface area (Å²) in [6.07, 6.45) is 2.25. The van der Waals surface area contributed by atoms with Crippen LogP contribution in [0.4, 0.5) is 0 Å². The van der Waals surface area contributed by atoms with Crippen molar-refractivity contribution in [2.45, 2.75) is 38.3 Å². The lowest BCUT2D eigenvalue weighted by atomic mass is 10.0. The van der Waals surface area contributed by atoms with Crippen molar-refractivity contribution < 1.29 is 14.6 Å². The summed E-state index contributed by atoms with van der Waals surface area (Å²) < 4.78 is 5.40. The van der Waals surface area contributed by atoms with Gasteiger partial charge in [-0.2, -0.15) is 0 Å². The van der Waals surface area contributed by atoms with E-state index in [-0.39, 0.29) is 18.5 Å². The lowest BCUT2D eigenvalue weighted by molar-refractivity contribution is -0.138. The van der Waals surface area contributed by atoms with Crippen molar-refractivity contribution in [3.05, 3.63) is 29.8 Å². The molecule has 1 heterocycles. The number of methoxy groups -OCH3 is 1. The minimum Gasteiger partial charge on any atom is -0.496 e. The molecular weight excluding hydrogens is 242 g/mol. The molecule has 1 aromatic carbocycles. The van der Waals surface area contributed by atoms with Crippen LogP contribution < -0.4 is 4.74 Å². The van der Waals surface area contributed by atoms with E-state index >= 15 is 0 Å². The Morgan fingerprint density at radius 1 is 1.53 bits per heavy atom. The molecule has 0 spiro atoms. The Morgan fingerprint density at radius 2 is 2.26 bits per heavy atom. The summed E-state index contributed by atoms with van der Waals surface area (Å²) in [7, 11) is 1.67. The first-order valence-corrected chi connectivity index (χ1v) is 6.74. The monoisotopic (exact) mass is 263 g/mol. The zero-order chi connectivity index (χ0) is 13.8. The third kappa shape index (κ3) is 3.07. The number of aliphatic carboxylic acids is 1. The second kappa shape index (κ2) is 6.06. The Kier molecular flexibility index (Phi) is 4.43. The first kappa shape index (κ1) is 13.9. The molecule has 2 unspecified atom stereocenters. The van der Waals surface area contributed by atoms with E-state index in [9.17, 15) is 4.79 Å². The van der Waals surface area contributed by atoms with Crippen LogP contribution >= 0.6 is 0 Å². The average molecular weight is 263 g/mol. The van der Waals surface area contributed by atoms with Gasteiger partial charge in [0, 0.05) is 17.6 Å². The van der Waals surface area contributed by atoms with E-state index in [2.05, 4.69) is 17.9 Å². The van der Waals surface area contributed by atoms with Gasteiger partial charge in [0.2, 0.25) is 0 Å². The van der Waals surface area contributed by atoms with Gasteiger partial charge in [0.15, 0.2) is 0 Å². The zero-order valence-corrected chi connectivity index (χ0v) is 11.5. The highest BCUT2D eigenvalue weighted by molar-refractivity contribution is 5.67. The molecule has 0 amide bonds. The van der Waals surface area contributed by atoms with Crippen LogP contribution in [-0.4, -0.2) is 35.7 Å². The summed E-state index contributed by atoms with van der Waals surface area (Å²) >= 11 is 0. The molecule has 4 heteroatoms. The van der Waals surface area contributed by atoms with Crippen molar-refractivity contribution in [3.63, 3.8) is 0 Å². The van der Waals surface area contributed by atoms with E-state index in [1.807, 2.05) is 18.2 Å². The summed E-state index contributed by atoms with van der Waals surface area (Å²) in [6, 6.07) is 8.28. The number of likely N-dealkylation sites (tertiary alicyclic amines) is 1. The molecule has 1 aromatic rings. The van der Waals surface area contributed by atoms with Crippen LogP contribution in [0.15, 0.2) is 24.3 Å². The first-order chi connectivity index (χ1) is 9.13. The molecule has 19 heavy (non-hydrogen) atoms. The Morgan fingerprint density at radius 3 is 2.95 bits per heavy atom. The fourth-order valence-electron chi connectivity index (χ4n) is 2.98. The maximum atomic E-state index is 10.9. The second-order valence-corrected chi connectivity index (χ2v) is 5.05. The van der Waals surface area contributed by atoms with Gasteiger partial charge in [-0.05, 0) is 32.4 Å². The van der Waals surface area contributed by atoms with Crippen LogP contribution in [0.25, 0.3) is 0 Å². The number of benzene rings is 1. The van der Waals surface area contributed by atoms with Gasteiger partial charge in [-0.1, -0.05) is 18.2 Å². The highest BCUT2D eigenvalue weighted by Gasteiger charge is 2.31. The molecule has 0 bridgehead atoms. The van der Waals surface area contributed by atoms with Crippen LogP contribution in [-0.2, 0) is 4.79 Å². The number of para-hydroxylation sites is 1. The predicted molar refractivity (Wildman–Crippen MR) is 73.4 cm³/mol. The first-order valence-electron chi connectivity index (χ1n) is 6.74. The number of rotatable bonds is 5. The van der Waals surface area contributed by atoms with Crippen LogP contribution in [0.5, 0.6) is 5.75 Å². The molecule has 1 aliphatic rings. The Bertz CT molecular complexity index is 447. The molecule has 0 aliphatic carbocycles. The molecule has 0 radical (unpaired) electrons. The number of hydrogen-bond donors (Lipinski definition) is 1. The van der Waals surface area contributed by atoms with E-state index < -0.39 is 5.97 Å². The fraction of sp³-hybridized carbons (Fsp3) is 0.533. The SMILES string of the molecule is COc1ccccc1C(C)N1CCCC1CC(=O)O. The molecule has 1 saturated heterocycles. The van der Waals surface area contributed by atoms with Crippen molar-refractivity contribution in [2.75, 3.05) is 13.7 Å². The molecule has 0 aromatic heterocycles. The van der Waals surface area contributed by atoms with Gasteiger partial charge in [-0.25, -0.2) is 0 Å². The summed E-state index contributed by atoms with van der Waals surface area (Å²) in [5.41, 5.74) is 1.13. The van der Waals surface area contributed by atoms with E-state index in [1.165, 1.54) is 0 Å². The van der Waals surface area contributed by atoms with Crippen LogP contribution in [0, 0.1) is 0 Å². The lowest BCUT2D eigenvalue weighted by Gasteiger charge is -2.31. The third-order valence-electron chi connectivity index (χ3n) is 3.92. The third-order valence-corrected chi connectivity index (χ3v) is 3.92. The minimum atomic E-state index is -0.718. The molecule has 0 saturated carbocycles. The van der Waals surface area contributed by atoms with Gasteiger partial charge in [0.25, 0.3) is 0 Å². The average Bonchev–Trinajstić information content (AvgIpc) is 2.85. The summed E-state index contributed by atoms with van der Waals surface area (Å²) in [5, 5.41) is 8.99. The molecule has 4 nitrogen and oxygen atoms in total. The van der Waals surface area contributed by atoms with Crippen molar-refractivity contribution in [1.82, 2.24) is 4.90 Å². The van der Waals surface area contributed by atoms with Crippen molar-refractivity contribution >= 4 is 5.97 Å². The smallest absolute Gasteiger partial charge is 0.304 e. The molecule has 1 N–H and O–H groups in total. The van der Waals surface area contributed by atoms with Gasteiger partial charge in [0.1, 0.15) is 5.75 Å².